The van der Waals surface area contributed by atoms with Crippen molar-refractivity contribution in [2.75, 3.05) is 75.0 Å². The van der Waals surface area contributed by atoms with Gasteiger partial charge in [-0.15, -0.1) is 10.2 Å². The summed E-state index contributed by atoms with van der Waals surface area (Å²) in [5, 5.41) is 16.5. The molecule has 236 valence electrons. The second-order valence-electron chi connectivity index (χ2n) is 12.8. The summed E-state index contributed by atoms with van der Waals surface area (Å²) in [7, 11) is 2.18. The summed E-state index contributed by atoms with van der Waals surface area (Å²) in [5.74, 6) is 0.798. The first-order valence-electron chi connectivity index (χ1n) is 15.7. The maximum Gasteiger partial charge on any atom is 0.306 e. The molecule has 0 atom stereocenters. The number of piperazine rings is 1. The minimum Gasteiger partial charge on any atom is -0.465 e. The number of allylic oxidation sites excluding steroid dienone is 1. The molecular weight excluding hydrogens is 595 g/mol. The number of esters is 1. The van der Waals surface area contributed by atoms with Crippen molar-refractivity contribution < 1.29 is 13.9 Å². The van der Waals surface area contributed by atoms with Gasteiger partial charge in [-0.05, 0) is 56.6 Å². The van der Waals surface area contributed by atoms with Gasteiger partial charge in [0.25, 0.3) is 0 Å². The fourth-order valence-electron chi connectivity index (χ4n) is 6.51. The summed E-state index contributed by atoms with van der Waals surface area (Å²) >= 11 is 6.20. The average molecular weight is 633 g/mol. The Morgan fingerprint density at radius 3 is 2.64 bits per heavy atom. The van der Waals surface area contributed by atoms with Gasteiger partial charge in [0, 0.05) is 86.5 Å². The molecule has 10 nitrogen and oxygen atoms in total. The van der Waals surface area contributed by atoms with Crippen LogP contribution in [0.15, 0.2) is 53.9 Å². The number of aromatic nitrogens is 3. The number of benzene rings is 1. The Morgan fingerprint density at radius 2 is 1.91 bits per heavy atom. The molecule has 3 saturated heterocycles. The Morgan fingerprint density at radius 1 is 1.09 bits per heavy atom. The lowest BCUT2D eigenvalue weighted by Crippen LogP contribution is -2.57. The number of cyclic esters (lactones) is 1. The van der Waals surface area contributed by atoms with Crippen molar-refractivity contribution in [2.24, 2.45) is 5.41 Å². The van der Waals surface area contributed by atoms with Gasteiger partial charge in [-0.3, -0.25) is 4.79 Å². The van der Waals surface area contributed by atoms with Crippen LogP contribution in [-0.4, -0.2) is 90.4 Å². The lowest BCUT2D eigenvalue weighted by molar-refractivity contribution is -0.137. The van der Waals surface area contributed by atoms with E-state index in [4.69, 9.17) is 16.3 Å². The van der Waals surface area contributed by atoms with Gasteiger partial charge < -0.3 is 30.1 Å². The number of ether oxygens (including phenoxy) is 1. The number of anilines is 4. The normalized spacial score (nSPS) is 19.7. The maximum absolute atomic E-state index is 14.8. The van der Waals surface area contributed by atoms with E-state index in [1.54, 1.807) is 18.3 Å². The van der Waals surface area contributed by atoms with Crippen molar-refractivity contribution in [3.63, 3.8) is 0 Å². The molecule has 1 saturated carbocycles. The summed E-state index contributed by atoms with van der Waals surface area (Å²) < 4.78 is 20.1. The number of nitrogens with one attached hydrogen (secondary N) is 2. The minimum absolute atomic E-state index is 0.164. The van der Waals surface area contributed by atoms with E-state index in [-0.39, 0.29) is 16.9 Å². The number of carbonyl (C=O) groups excluding carboxylic acids is 1. The third-order valence-electron chi connectivity index (χ3n) is 9.37. The van der Waals surface area contributed by atoms with Crippen LogP contribution < -0.4 is 15.5 Å². The van der Waals surface area contributed by atoms with Gasteiger partial charge in [-0.25, -0.2) is 9.37 Å². The van der Waals surface area contributed by atoms with Crippen molar-refractivity contribution in [1.82, 2.24) is 25.0 Å². The van der Waals surface area contributed by atoms with Gasteiger partial charge in [-0.2, -0.15) is 0 Å². The summed E-state index contributed by atoms with van der Waals surface area (Å²) in [6.45, 7) is 7.10. The van der Waals surface area contributed by atoms with Crippen molar-refractivity contribution in [1.29, 1.82) is 0 Å². The number of hydrogen-bond acceptors (Lipinski definition) is 10. The SMILES string of the molecule is CN1CCN(CCC(Nc2cc(Nc3cc(-c4cc(Cl)ccc4F)nnc3N3CC4(COC(=O)C4)C3)ccn2)=C2CCC2)CC1. The Kier molecular flexibility index (Phi) is 8.32. The van der Waals surface area contributed by atoms with E-state index in [9.17, 15) is 9.18 Å². The highest BCUT2D eigenvalue weighted by molar-refractivity contribution is 6.30. The highest BCUT2D eigenvalue weighted by Gasteiger charge is 2.50. The van der Waals surface area contributed by atoms with Crippen LogP contribution in [0.2, 0.25) is 5.02 Å². The van der Waals surface area contributed by atoms with Crippen LogP contribution in [0.4, 0.5) is 27.4 Å². The average Bonchev–Trinajstić information content (AvgIpc) is 3.38. The van der Waals surface area contributed by atoms with Crippen LogP contribution in [0, 0.1) is 11.2 Å². The molecule has 3 aliphatic heterocycles. The Labute approximate surface area is 267 Å². The molecule has 0 radical (unpaired) electrons. The van der Waals surface area contributed by atoms with Gasteiger partial charge in [0.1, 0.15) is 18.2 Å². The van der Waals surface area contributed by atoms with Crippen LogP contribution in [0.5, 0.6) is 0 Å². The molecule has 4 fully saturated rings. The first-order chi connectivity index (χ1) is 21.8. The van der Waals surface area contributed by atoms with Gasteiger partial charge >= 0.3 is 5.97 Å². The molecule has 1 spiro atoms. The van der Waals surface area contributed by atoms with Crippen LogP contribution in [-0.2, 0) is 9.53 Å². The van der Waals surface area contributed by atoms with Crippen LogP contribution in [0.3, 0.4) is 0 Å². The largest absolute Gasteiger partial charge is 0.465 e. The molecule has 0 amide bonds. The maximum atomic E-state index is 14.8. The molecule has 2 N–H and O–H groups in total. The van der Waals surface area contributed by atoms with Crippen LogP contribution >= 0.6 is 11.6 Å². The highest BCUT2D eigenvalue weighted by atomic mass is 35.5. The first-order valence-corrected chi connectivity index (χ1v) is 16.1. The zero-order valence-electron chi connectivity index (χ0n) is 25.5. The molecule has 1 aliphatic carbocycles. The van der Waals surface area contributed by atoms with Gasteiger partial charge in [0.2, 0.25) is 0 Å². The fourth-order valence-corrected chi connectivity index (χ4v) is 6.68. The van der Waals surface area contributed by atoms with Gasteiger partial charge in [0.05, 0.1) is 23.2 Å². The summed E-state index contributed by atoms with van der Waals surface area (Å²) in [4.78, 5) is 23.5. The minimum atomic E-state index is -0.430. The van der Waals surface area contributed by atoms with E-state index in [2.05, 4.69) is 47.6 Å². The molecule has 5 heterocycles. The van der Waals surface area contributed by atoms with E-state index < -0.39 is 5.82 Å². The van der Waals surface area contributed by atoms with E-state index in [0.717, 1.165) is 63.5 Å². The molecule has 4 aliphatic rings. The lowest BCUT2D eigenvalue weighted by Gasteiger charge is -2.47. The number of carbonyl (C=O) groups is 1. The van der Waals surface area contributed by atoms with Crippen molar-refractivity contribution in [2.45, 2.75) is 32.1 Å². The molecule has 12 heteroatoms. The zero-order chi connectivity index (χ0) is 31.0. The van der Waals surface area contributed by atoms with E-state index >= 15 is 0 Å². The topological polar surface area (TPSA) is 98.8 Å². The zero-order valence-corrected chi connectivity index (χ0v) is 26.2. The lowest BCUT2D eigenvalue weighted by atomic mass is 9.79. The van der Waals surface area contributed by atoms with E-state index in [1.807, 2.05) is 12.1 Å². The number of nitrogens with zero attached hydrogens (tertiary/aromatic N) is 6. The quantitative estimate of drug-likeness (QED) is 0.302. The van der Waals surface area contributed by atoms with Crippen LogP contribution in [0.25, 0.3) is 11.3 Å². The predicted molar refractivity (Wildman–Crippen MR) is 173 cm³/mol. The standard InChI is InChI=1S/C33H38ClFN8O2/c1-41-11-13-42(14-12-41)10-8-27(22-3-2-4-22)38-30-16-24(7-9-36-30)37-29-17-28(25-15-23(34)5-6-26(25)35)39-40-32(29)43-19-33(20-43)18-31(44)45-21-33/h5-7,9,15-17H,2-4,8,10-14,18-21H2,1H3,(H2,36,37,38,39). The van der Waals surface area contributed by atoms with Crippen molar-refractivity contribution in [3.8, 4) is 11.3 Å². The third-order valence-corrected chi connectivity index (χ3v) is 9.60. The molecular formula is C33H38ClFN8O2. The summed E-state index contributed by atoms with van der Waals surface area (Å²) in [6.07, 6.45) is 6.64. The predicted octanol–water partition coefficient (Wildman–Crippen LogP) is 5.32. The summed E-state index contributed by atoms with van der Waals surface area (Å²) in [5.41, 5.74) is 4.68. The molecule has 7 rings (SSSR count). The highest BCUT2D eigenvalue weighted by Crippen LogP contribution is 2.43. The second-order valence-corrected chi connectivity index (χ2v) is 13.2. The number of halogens is 2. The molecule has 45 heavy (non-hydrogen) atoms. The fraction of sp³-hybridized carbons (Fsp3) is 0.455. The van der Waals surface area contributed by atoms with Crippen molar-refractivity contribution in [3.05, 3.63) is 64.7 Å². The Hall–Kier alpha value is -3.80. The molecule has 0 unspecified atom stereocenters. The van der Waals surface area contributed by atoms with Gasteiger partial charge in [-0.1, -0.05) is 17.2 Å². The molecule has 3 aromatic rings. The molecule has 0 bridgehead atoms. The van der Waals surface area contributed by atoms with Crippen molar-refractivity contribution >= 4 is 40.6 Å². The number of hydrogen-bond donors (Lipinski definition) is 2. The molecule has 2 aromatic heterocycles. The monoisotopic (exact) mass is 632 g/mol. The summed E-state index contributed by atoms with van der Waals surface area (Å²) in [6, 6.07) is 10.1. The third kappa shape index (κ3) is 6.61. The van der Waals surface area contributed by atoms with E-state index in [1.165, 1.54) is 29.8 Å². The van der Waals surface area contributed by atoms with Gasteiger partial charge in [0.15, 0.2) is 5.82 Å². The second kappa shape index (κ2) is 12.5. The number of rotatable bonds is 9. The number of pyridine rings is 1. The first kappa shape index (κ1) is 29.9. The molecule has 1 aromatic carbocycles. The van der Waals surface area contributed by atoms with Crippen LogP contribution in [0.1, 0.15) is 32.1 Å². The smallest absolute Gasteiger partial charge is 0.306 e. The Bertz CT molecular complexity index is 1610. The number of likely N-dealkylation sites (N-methyl/N-ethyl adjacent to an activating group) is 1. The van der Waals surface area contributed by atoms with E-state index in [0.29, 0.717) is 48.3 Å². The Balaban J connectivity index is 1.12.